The van der Waals surface area contributed by atoms with E-state index in [-0.39, 0.29) is 5.91 Å². The average Bonchev–Trinajstić information content (AvgIpc) is 2.73. The number of carbonyl (C=O) groups is 1. The van der Waals surface area contributed by atoms with Crippen LogP contribution in [0.25, 0.3) is 0 Å². The molecule has 142 valence electrons. The lowest BCUT2D eigenvalue weighted by molar-refractivity contribution is 0.102. The van der Waals surface area contributed by atoms with Gasteiger partial charge in [0.1, 0.15) is 11.6 Å². The van der Waals surface area contributed by atoms with E-state index < -0.39 is 5.82 Å². The second-order valence-electron chi connectivity index (χ2n) is 6.58. The highest BCUT2D eigenvalue weighted by molar-refractivity contribution is 6.04. The van der Waals surface area contributed by atoms with Crippen molar-refractivity contribution in [1.82, 2.24) is 4.98 Å². The molecule has 2 aromatic carbocycles. The first-order chi connectivity index (χ1) is 13.7. The number of ether oxygens (including phenoxy) is 1. The van der Waals surface area contributed by atoms with Gasteiger partial charge < -0.3 is 15.0 Å². The summed E-state index contributed by atoms with van der Waals surface area (Å²) >= 11 is 0. The van der Waals surface area contributed by atoms with E-state index in [0.717, 1.165) is 42.2 Å². The molecule has 5 nitrogen and oxygen atoms in total. The number of carbonyl (C=O) groups excluding carboxylic acids is 1. The predicted octanol–water partition coefficient (Wildman–Crippen LogP) is 4.57. The van der Waals surface area contributed by atoms with Crippen LogP contribution in [0.4, 0.5) is 21.5 Å². The molecule has 0 fully saturated rings. The van der Waals surface area contributed by atoms with Gasteiger partial charge in [0.2, 0.25) is 0 Å². The Morgan fingerprint density at radius 2 is 2.00 bits per heavy atom. The number of fused-ring (bicyclic) bond motifs is 1. The summed E-state index contributed by atoms with van der Waals surface area (Å²) < 4.78 is 18.9. The van der Waals surface area contributed by atoms with Crippen LogP contribution in [0.3, 0.4) is 0 Å². The van der Waals surface area contributed by atoms with Crippen molar-refractivity contribution in [3.05, 3.63) is 77.9 Å². The Bertz CT molecular complexity index is 1020. The van der Waals surface area contributed by atoms with Crippen molar-refractivity contribution in [3.63, 3.8) is 0 Å². The van der Waals surface area contributed by atoms with E-state index in [1.54, 1.807) is 25.4 Å². The number of aromatic nitrogens is 1. The van der Waals surface area contributed by atoms with Crippen LogP contribution in [0.2, 0.25) is 0 Å². The maximum atomic E-state index is 13.4. The molecular formula is C22H20FN3O2. The quantitative estimate of drug-likeness (QED) is 0.724. The zero-order valence-corrected chi connectivity index (χ0v) is 15.5. The normalized spacial score (nSPS) is 13.0. The number of nitrogens with one attached hydrogen (secondary N) is 1. The van der Waals surface area contributed by atoms with Crippen LogP contribution in [-0.4, -0.2) is 24.5 Å². The Hall–Kier alpha value is -3.41. The molecule has 0 radical (unpaired) electrons. The molecule has 6 heteroatoms. The van der Waals surface area contributed by atoms with Gasteiger partial charge in [0.15, 0.2) is 0 Å². The van der Waals surface area contributed by atoms with Crippen molar-refractivity contribution in [2.45, 2.75) is 12.8 Å². The average molecular weight is 377 g/mol. The van der Waals surface area contributed by atoms with Gasteiger partial charge >= 0.3 is 0 Å². The Kier molecular flexibility index (Phi) is 4.93. The molecule has 0 unspecified atom stereocenters. The second-order valence-corrected chi connectivity index (χ2v) is 6.58. The second kappa shape index (κ2) is 7.68. The van der Waals surface area contributed by atoms with Gasteiger partial charge in [-0.3, -0.25) is 9.78 Å². The Balaban J connectivity index is 1.67. The number of hydrogen-bond donors (Lipinski definition) is 1. The molecule has 1 aliphatic heterocycles. The van der Waals surface area contributed by atoms with Gasteiger partial charge in [0.05, 0.1) is 29.7 Å². The van der Waals surface area contributed by atoms with E-state index in [9.17, 15) is 9.18 Å². The molecule has 1 N–H and O–H groups in total. The smallest absolute Gasteiger partial charge is 0.257 e. The summed E-state index contributed by atoms with van der Waals surface area (Å²) in [6, 6.07) is 15.4. The largest absolute Gasteiger partial charge is 0.495 e. The zero-order chi connectivity index (χ0) is 19.5. The van der Waals surface area contributed by atoms with Crippen LogP contribution < -0.4 is 15.0 Å². The summed E-state index contributed by atoms with van der Waals surface area (Å²) in [5.74, 6) is 0.0418. The third kappa shape index (κ3) is 3.53. The first kappa shape index (κ1) is 18.0. The first-order valence-electron chi connectivity index (χ1n) is 9.12. The van der Waals surface area contributed by atoms with Crippen molar-refractivity contribution < 1.29 is 13.9 Å². The van der Waals surface area contributed by atoms with Crippen molar-refractivity contribution in [2.75, 3.05) is 23.9 Å². The van der Waals surface area contributed by atoms with E-state index >= 15 is 0 Å². The lowest BCUT2D eigenvalue weighted by atomic mass is 10.0. The number of aryl methyl sites for hydroxylation is 1. The maximum Gasteiger partial charge on any atom is 0.257 e. The molecule has 0 atom stereocenters. The minimum absolute atomic E-state index is 0.327. The van der Waals surface area contributed by atoms with Crippen LogP contribution in [0.15, 0.2) is 60.8 Å². The SMILES string of the molecule is COc1ccccc1N1CCCc2ncc(C(=O)Nc3cccc(F)c3)cc21. The number of amides is 1. The number of anilines is 3. The summed E-state index contributed by atoms with van der Waals surface area (Å²) in [6.07, 6.45) is 3.39. The number of rotatable bonds is 4. The monoisotopic (exact) mass is 377 g/mol. The van der Waals surface area contributed by atoms with E-state index in [1.807, 2.05) is 30.3 Å². The van der Waals surface area contributed by atoms with Crippen molar-refractivity contribution in [1.29, 1.82) is 0 Å². The Morgan fingerprint density at radius 1 is 1.14 bits per heavy atom. The molecule has 0 saturated carbocycles. The highest BCUT2D eigenvalue weighted by atomic mass is 19.1. The standard InChI is InChI=1S/C22H20FN3O2/c1-28-21-10-3-2-9-19(21)26-11-5-8-18-20(26)12-15(14-24-18)22(27)25-17-7-4-6-16(23)13-17/h2-4,6-7,9-10,12-14H,5,8,11H2,1H3,(H,25,27). The topological polar surface area (TPSA) is 54.5 Å². The zero-order valence-electron chi connectivity index (χ0n) is 15.5. The number of methoxy groups -OCH3 is 1. The molecule has 1 amide bonds. The maximum absolute atomic E-state index is 13.4. The van der Waals surface area contributed by atoms with Crippen molar-refractivity contribution in [2.24, 2.45) is 0 Å². The van der Waals surface area contributed by atoms with Gasteiger partial charge in [-0.1, -0.05) is 18.2 Å². The van der Waals surface area contributed by atoms with Gasteiger partial charge in [0.25, 0.3) is 5.91 Å². The summed E-state index contributed by atoms with van der Waals surface area (Å²) in [5, 5.41) is 2.72. The van der Waals surface area contributed by atoms with E-state index in [1.165, 1.54) is 12.1 Å². The van der Waals surface area contributed by atoms with Crippen LogP contribution in [0.1, 0.15) is 22.5 Å². The molecule has 4 rings (SSSR count). The molecule has 0 aliphatic carbocycles. The number of hydrogen-bond acceptors (Lipinski definition) is 4. The molecular weight excluding hydrogens is 357 g/mol. The van der Waals surface area contributed by atoms with E-state index in [4.69, 9.17) is 4.74 Å². The number of nitrogens with zero attached hydrogens (tertiary/aromatic N) is 2. The van der Waals surface area contributed by atoms with Gasteiger partial charge in [-0.05, 0) is 49.2 Å². The van der Waals surface area contributed by atoms with Gasteiger partial charge in [-0.2, -0.15) is 0 Å². The van der Waals surface area contributed by atoms with E-state index in [2.05, 4.69) is 15.2 Å². The Labute approximate surface area is 162 Å². The fourth-order valence-electron chi connectivity index (χ4n) is 3.43. The third-order valence-corrected chi connectivity index (χ3v) is 4.75. The fraction of sp³-hybridized carbons (Fsp3) is 0.182. The molecule has 1 aliphatic rings. The summed E-state index contributed by atoms with van der Waals surface area (Å²) in [4.78, 5) is 19.3. The number of pyridine rings is 1. The number of benzene rings is 2. The van der Waals surface area contributed by atoms with Crippen LogP contribution in [0, 0.1) is 5.82 Å². The summed E-state index contributed by atoms with van der Waals surface area (Å²) in [6.45, 7) is 0.810. The highest BCUT2D eigenvalue weighted by Gasteiger charge is 2.23. The molecule has 28 heavy (non-hydrogen) atoms. The lowest BCUT2D eigenvalue weighted by Crippen LogP contribution is -2.26. The first-order valence-corrected chi connectivity index (χ1v) is 9.12. The Morgan fingerprint density at radius 3 is 2.82 bits per heavy atom. The van der Waals surface area contributed by atoms with Gasteiger partial charge in [-0.25, -0.2) is 4.39 Å². The number of halogens is 1. The van der Waals surface area contributed by atoms with Gasteiger partial charge in [0, 0.05) is 18.4 Å². The molecule has 0 saturated heterocycles. The molecule has 1 aromatic heterocycles. The van der Waals surface area contributed by atoms with E-state index in [0.29, 0.717) is 11.3 Å². The molecule has 2 heterocycles. The molecule has 0 spiro atoms. The molecule has 3 aromatic rings. The molecule has 0 bridgehead atoms. The van der Waals surface area contributed by atoms with Crippen molar-refractivity contribution in [3.8, 4) is 5.75 Å². The minimum atomic E-state index is -0.399. The van der Waals surface area contributed by atoms with Crippen molar-refractivity contribution >= 4 is 23.0 Å². The minimum Gasteiger partial charge on any atom is -0.495 e. The summed E-state index contributed by atoms with van der Waals surface area (Å²) in [7, 11) is 1.64. The lowest BCUT2D eigenvalue weighted by Gasteiger charge is -2.31. The fourth-order valence-corrected chi connectivity index (χ4v) is 3.43. The summed E-state index contributed by atoms with van der Waals surface area (Å²) in [5.41, 5.74) is 3.60. The van der Waals surface area contributed by atoms with Crippen LogP contribution >= 0.6 is 0 Å². The predicted molar refractivity (Wildman–Crippen MR) is 107 cm³/mol. The number of para-hydroxylation sites is 2. The van der Waals surface area contributed by atoms with Gasteiger partial charge in [-0.15, -0.1) is 0 Å². The highest BCUT2D eigenvalue weighted by Crippen LogP contribution is 2.38. The van der Waals surface area contributed by atoms with Crippen LogP contribution in [0.5, 0.6) is 5.75 Å². The third-order valence-electron chi connectivity index (χ3n) is 4.75. The van der Waals surface area contributed by atoms with Crippen LogP contribution in [-0.2, 0) is 6.42 Å².